The van der Waals surface area contributed by atoms with Crippen LogP contribution in [0.4, 0.5) is 4.39 Å². The first-order valence-electron chi connectivity index (χ1n) is 6.71. The van der Waals surface area contributed by atoms with Crippen LogP contribution in [0.25, 0.3) is 0 Å². The average molecular weight is 307 g/mol. The molecule has 0 radical (unpaired) electrons. The normalized spacial score (nSPS) is 12.0. The Labute approximate surface area is 128 Å². The summed E-state index contributed by atoms with van der Waals surface area (Å²) < 4.78 is 19.6. The van der Waals surface area contributed by atoms with Crippen LogP contribution in [0.2, 0.25) is 5.02 Å². The van der Waals surface area contributed by atoms with Crippen LogP contribution in [0.1, 0.15) is 30.4 Å². The number of hydrogen-bond donors (Lipinski definition) is 0. The lowest BCUT2D eigenvalue weighted by molar-refractivity contribution is -0.108. The summed E-state index contributed by atoms with van der Waals surface area (Å²) in [6, 6.07) is 12.5. The Hall–Kier alpha value is -1.87. The molecule has 2 rings (SSSR count). The Morgan fingerprint density at radius 1 is 1.29 bits per heavy atom. The van der Waals surface area contributed by atoms with Gasteiger partial charge in [0.2, 0.25) is 0 Å². The van der Waals surface area contributed by atoms with Gasteiger partial charge in [0, 0.05) is 6.42 Å². The molecule has 0 amide bonds. The summed E-state index contributed by atoms with van der Waals surface area (Å²) in [4.78, 5) is 10.5. The third kappa shape index (κ3) is 4.05. The summed E-state index contributed by atoms with van der Waals surface area (Å²) in [5.41, 5.74) is 1.63. The van der Waals surface area contributed by atoms with Crippen molar-refractivity contribution in [1.29, 1.82) is 0 Å². The molecule has 0 saturated carbocycles. The van der Waals surface area contributed by atoms with Crippen molar-refractivity contribution in [2.24, 2.45) is 0 Å². The molecule has 2 nitrogen and oxygen atoms in total. The highest BCUT2D eigenvalue weighted by Gasteiger charge is 2.14. The van der Waals surface area contributed by atoms with Gasteiger partial charge in [-0.3, -0.25) is 0 Å². The topological polar surface area (TPSA) is 26.3 Å². The molecule has 1 atom stereocenters. The lowest BCUT2D eigenvalue weighted by Gasteiger charge is -2.13. The molecule has 110 valence electrons. The van der Waals surface area contributed by atoms with Gasteiger partial charge >= 0.3 is 0 Å². The molecule has 0 spiro atoms. The largest absolute Gasteiger partial charge is 0.484 e. The quantitative estimate of drug-likeness (QED) is 0.720. The standard InChI is InChI=1S/C17H16ClFO2/c1-12(7-8-20)14-9-15(18)17(16(19)10-14)21-11-13-5-3-2-4-6-13/h2-6,8-10,12H,7,11H2,1H3. The van der Waals surface area contributed by atoms with Gasteiger partial charge in [-0.25, -0.2) is 4.39 Å². The summed E-state index contributed by atoms with van der Waals surface area (Å²) in [7, 11) is 0. The zero-order valence-corrected chi connectivity index (χ0v) is 12.4. The molecule has 0 aromatic heterocycles. The molecule has 0 heterocycles. The van der Waals surface area contributed by atoms with Crippen molar-refractivity contribution in [1.82, 2.24) is 0 Å². The van der Waals surface area contributed by atoms with Crippen LogP contribution >= 0.6 is 11.6 Å². The van der Waals surface area contributed by atoms with Crippen LogP contribution in [-0.2, 0) is 11.4 Å². The highest BCUT2D eigenvalue weighted by atomic mass is 35.5. The Bertz CT molecular complexity index is 590. The van der Waals surface area contributed by atoms with Gasteiger partial charge < -0.3 is 9.53 Å². The van der Waals surface area contributed by atoms with E-state index in [4.69, 9.17) is 16.3 Å². The molecular weight excluding hydrogens is 291 g/mol. The lowest BCUT2D eigenvalue weighted by Crippen LogP contribution is -2.01. The summed E-state index contributed by atoms with van der Waals surface area (Å²) in [5.74, 6) is -0.536. The first-order valence-corrected chi connectivity index (χ1v) is 7.09. The van der Waals surface area contributed by atoms with Crippen molar-refractivity contribution in [2.45, 2.75) is 25.9 Å². The number of halogens is 2. The number of carbonyl (C=O) groups is 1. The number of aldehydes is 1. The van der Waals surface area contributed by atoms with Crippen molar-refractivity contribution in [2.75, 3.05) is 0 Å². The van der Waals surface area contributed by atoms with Crippen LogP contribution in [0, 0.1) is 5.82 Å². The molecule has 2 aromatic rings. The predicted octanol–water partition coefficient (Wildman–Crippen LogP) is 4.75. The van der Waals surface area contributed by atoms with Crippen molar-refractivity contribution in [3.63, 3.8) is 0 Å². The van der Waals surface area contributed by atoms with Gasteiger partial charge in [-0.2, -0.15) is 0 Å². The van der Waals surface area contributed by atoms with E-state index in [1.807, 2.05) is 37.3 Å². The molecule has 0 aliphatic carbocycles. The molecule has 21 heavy (non-hydrogen) atoms. The predicted molar refractivity (Wildman–Crippen MR) is 81.3 cm³/mol. The number of benzene rings is 2. The van der Waals surface area contributed by atoms with E-state index in [2.05, 4.69) is 0 Å². The maximum Gasteiger partial charge on any atom is 0.174 e. The van der Waals surface area contributed by atoms with E-state index >= 15 is 0 Å². The molecule has 0 N–H and O–H groups in total. The van der Waals surface area contributed by atoms with Crippen molar-refractivity contribution < 1.29 is 13.9 Å². The summed E-state index contributed by atoms with van der Waals surface area (Å²) in [5, 5.41) is 0.221. The van der Waals surface area contributed by atoms with E-state index in [1.165, 1.54) is 6.07 Å². The monoisotopic (exact) mass is 306 g/mol. The molecule has 0 aliphatic heterocycles. The molecule has 4 heteroatoms. The molecule has 0 fully saturated rings. The molecule has 0 bridgehead atoms. The van der Waals surface area contributed by atoms with E-state index in [0.29, 0.717) is 12.0 Å². The third-order valence-corrected chi connectivity index (χ3v) is 3.55. The van der Waals surface area contributed by atoms with Gasteiger partial charge in [-0.15, -0.1) is 0 Å². The van der Waals surface area contributed by atoms with Crippen LogP contribution in [0.15, 0.2) is 42.5 Å². The van der Waals surface area contributed by atoms with Gasteiger partial charge in [0.25, 0.3) is 0 Å². The second-order valence-electron chi connectivity index (χ2n) is 4.89. The van der Waals surface area contributed by atoms with E-state index < -0.39 is 5.82 Å². The van der Waals surface area contributed by atoms with Gasteiger partial charge in [0.15, 0.2) is 11.6 Å². The third-order valence-electron chi connectivity index (χ3n) is 3.27. The number of hydrogen-bond acceptors (Lipinski definition) is 2. The Morgan fingerprint density at radius 3 is 2.62 bits per heavy atom. The minimum Gasteiger partial charge on any atom is -0.484 e. The summed E-state index contributed by atoms with van der Waals surface area (Å²) >= 11 is 6.09. The van der Waals surface area contributed by atoms with Gasteiger partial charge in [-0.05, 0) is 29.2 Å². The van der Waals surface area contributed by atoms with Crippen LogP contribution in [0.3, 0.4) is 0 Å². The second-order valence-corrected chi connectivity index (χ2v) is 5.30. The van der Waals surface area contributed by atoms with Gasteiger partial charge in [0.1, 0.15) is 12.9 Å². The molecule has 2 aromatic carbocycles. The number of carbonyl (C=O) groups excluding carboxylic acids is 1. The van der Waals surface area contributed by atoms with Crippen LogP contribution in [0.5, 0.6) is 5.75 Å². The zero-order valence-electron chi connectivity index (χ0n) is 11.7. The smallest absolute Gasteiger partial charge is 0.174 e. The average Bonchev–Trinajstić information content (AvgIpc) is 2.47. The van der Waals surface area contributed by atoms with E-state index in [-0.39, 0.29) is 23.3 Å². The summed E-state index contributed by atoms with van der Waals surface area (Å²) in [6.45, 7) is 2.10. The maximum absolute atomic E-state index is 14.1. The highest BCUT2D eigenvalue weighted by molar-refractivity contribution is 6.32. The first-order chi connectivity index (χ1) is 10.1. The van der Waals surface area contributed by atoms with Crippen LogP contribution < -0.4 is 4.74 Å². The first kappa shape index (κ1) is 15.5. The molecule has 1 unspecified atom stereocenters. The van der Waals surface area contributed by atoms with Crippen molar-refractivity contribution >= 4 is 17.9 Å². The van der Waals surface area contributed by atoms with Crippen molar-refractivity contribution in [3.8, 4) is 5.75 Å². The lowest BCUT2D eigenvalue weighted by atomic mass is 9.98. The Balaban J connectivity index is 2.15. The summed E-state index contributed by atoms with van der Waals surface area (Å²) in [6.07, 6.45) is 1.15. The van der Waals surface area contributed by atoms with Crippen molar-refractivity contribution in [3.05, 3.63) is 64.4 Å². The minimum atomic E-state index is -0.508. The van der Waals surface area contributed by atoms with E-state index in [0.717, 1.165) is 11.8 Å². The highest BCUT2D eigenvalue weighted by Crippen LogP contribution is 2.33. The molecular formula is C17H16ClFO2. The Kier molecular flexibility index (Phi) is 5.34. The van der Waals surface area contributed by atoms with Gasteiger partial charge in [0.05, 0.1) is 5.02 Å². The fourth-order valence-electron chi connectivity index (χ4n) is 2.01. The van der Waals surface area contributed by atoms with Gasteiger partial charge in [-0.1, -0.05) is 48.9 Å². The van der Waals surface area contributed by atoms with Crippen LogP contribution in [-0.4, -0.2) is 6.29 Å². The maximum atomic E-state index is 14.1. The van der Waals surface area contributed by atoms with E-state index in [1.54, 1.807) is 6.07 Å². The molecule has 0 saturated heterocycles. The Morgan fingerprint density at radius 2 is 2.00 bits per heavy atom. The zero-order chi connectivity index (χ0) is 15.2. The van der Waals surface area contributed by atoms with E-state index in [9.17, 15) is 9.18 Å². The number of rotatable bonds is 6. The SMILES string of the molecule is CC(CC=O)c1cc(F)c(OCc2ccccc2)c(Cl)c1. The minimum absolute atomic E-state index is 0.0440. The fraction of sp³-hybridized carbons (Fsp3) is 0.235. The second kappa shape index (κ2) is 7.23. The number of ether oxygens (including phenoxy) is 1. The fourth-order valence-corrected chi connectivity index (χ4v) is 2.28. The molecule has 0 aliphatic rings.